The highest BCUT2D eigenvalue weighted by atomic mass is 16.3. The predicted molar refractivity (Wildman–Crippen MR) is 39.0 cm³/mol. The molecule has 0 aliphatic heterocycles. The van der Waals surface area contributed by atoms with E-state index in [0.29, 0.717) is 0 Å². The van der Waals surface area contributed by atoms with E-state index in [1.165, 1.54) is 6.26 Å². The van der Waals surface area contributed by atoms with Crippen LogP contribution >= 0.6 is 0 Å². The van der Waals surface area contributed by atoms with Gasteiger partial charge in [-0.3, -0.25) is 4.79 Å². The van der Waals surface area contributed by atoms with Gasteiger partial charge in [-0.15, -0.1) is 0 Å². The summed E-state index contributed by atoms with van der Waals surface area (Å²) in [5, 5.41) is 10.8. The Labute approximate surface area is 69.0 Å². The summed E-state index contributed by atoms with van der Waals surface area (Å²) in [6.07, 6.45) is 2.38. The van der Waals surface area contributed by atoms with Crippen LogP contribution in [0.2, 0.25) is 0 Å². The Morgan fingerprint density at radius 1 is 1.92 bits per heavy atom. The molecule has 12 heavy (non-hydrogen) atoms. The SMILES string of the molecule is CC(C#N)NC(=O)c1cocn1. The van der Waals surface area contributed by atoms with Crippen LogP contribution in [-0.4, -0.2) is 16.9 Å². The van der Waals surface area contributed by atoms with E-state index in [0.717, 1.165) is 6.39 Å². The fourth-order valence-corrected chi connectivity index (χ4v) is 0.628. The van der Waals surface area contributed by atoms with Gasteiger partial charge in [0.25, 0.3) is 5.91 Å². The monoisotopic (exact) mass is 165 g/mol. The summed E-state index contributed by atoms with van der Waals surface area (Å²) < 4.78 is 4.60. The smallest absolute Gasteiger partial charge is 0.274 e. The molecule has 5 nitrogen and oxygen atoms in total. The lowest BCUT2D eigenvalue weighted by Gasteiger charge is -2.01. The van der Waals surface area contributed by atoms with Crippen molar-refractivity contribution >= 4 is 5.91 Å². The van der Waals surface area contributed by atoms with E-state index in [1.807, 2.05) is 6.07 Å². The molecule has 0 bridgehead atoms. The Kier molecular flexibility index (Phi) is 2.43. The van der Waals surface area contributed by atoms with Gasteiger partial charge in [-0.2, -0.15) is 5.26 Å². The van der Waals surface area contributed by atoms with Crippen LogP contribution in [0.3, 0.4) is 0 Å². The molecule has 1 heterocycles. The molecule has 1 aromatic rings. The molecule has 1 unspecified atom stereocenters. The third kappa shape index (κ3) is 1.83. The number of amides is 1. The van der Waals surface area contributed by atoms with Crippen molar-refractivity contribution in [2.45, 2.75) is 13.0 Å². The van der Waals surface area contributed by atoms with Gasteiger partial charge in [0.1, 0.15) is 12.3 Å². The van der Waals surface area contributed by atoms with Crippen molar-refractivity contribution in [2.75, 3.05) is 0 Å². The van der Waals surface area contributed by atoms with Crippen molar-refractivity contribution in [1.29, 1.82) is 5.26 Å². The van der Waals surface area contributed by atoms with Crippen LogP contribution in [0.25, 0.3) is 0 Å². The minimum Gasteiger partial charge on any atom is -0.451 e. The van der Waals surface area contributed by atoms with Crippen molar-refractivity contribution < 1.29 is 9.21 Å². The zero-order valence-corrected chi connectivity index (χ0v) is 6.44. The molecule has 0 aliphatic rings. The molecular formula is C7H7N3O2. The quantitative estimate of drug-likeness (QED) is 0.684. The standard InChI is InChI=1S/C7H7N3O2/c1-5(2-8)10-7(11)6-3-12-4-9-6/h3-5H,1H3,(H,10,11). The van der Waals surface area contributed by atoms with Gasteiger partial charge < -0.3 is 9.73 Å². The average molecular weight is 165 g/mol. The molecule has 0 radical (unpaired) electrons. The Bertz CT molecular complexity index is 299. The largest absolute Gasteiger partial charge is 0.451 e. The second-order valence-electron chi connectivity index (χ2n) is 2.20. The normalized spacial score (nSPS) is 11.7. The second kappa shape index (κ2) is 3.53. The van der Waals surface area contributed by atoms with Gasteiger partial charge in [-0.05, 0) is 6.92 Å². The molecule has 0 fully saturated rings. The van der Waals surface area contributed by atoms with Gasteiger partial charge in [0.15, 0.2) is 12.1 Å². The maximum atomic E-state index is 11.1. The van der Waals surface area contributed by atoms with Crippen molar-refractivity contribution in [1.82, 2.24) is 10.3 Å². The number of oxazole rings is 1. The molecule has 1 atom stereocenters. The first-order valence-corrected chi connectivity index (χ1v) is 3.32. The molecule has 1 aromatic heterocycles. The van der Waals surface area contributed by atoms with Crippen LogP contribution in [0.5, 0.6) is 0 Å². The first-order chi connectivity index (χ1) is 5.74. The van der Waals surface area contributed by atoms with E-state index >= 15 is 0 Å². The Hall–Kier alpha value is -1.83. The topological polar surface area (TPSA) is 78.9 Å². The van der Waals surface area contributed by atoms with Crippen molar-refractivity contribution in [2.24, 2.45) is 0 Å². The summed E-state index contributed by atoms with van der Waals surface area (Å²) in [7, 11) is 0. The molecule has 1 rings (SSSR count). The van der Waals surface area contributed by atoms with E-state index in [1.54, 1.807) is 6.92 Å². The summed E-state index contributed by atoms with van der Waals surface area (Å²) in [5.41, 5.74) is 0.178. The lowest BCUT2D eigenvalue weighted by atomic mass is 10.3. The van der Waals surface area contributed by atoms with Gasteiger partial charge in [0.05, 0.1) is 6.07 Å². The minimum absolute atomic E-state index is 0.178. The van der Waals surface area contributed by atoms with E-state index in [-0.39, 0.29) is 5.69 Å². The zero-order chi connectivity index (χ0) is 8.97. The number of carbonyl (C=O) groups is 1. The maximum Gasteiger partial charge on any atom is 0.274 e. The Morgan fingerprint density at radius 3 is 3.17 bits per heavy atom. The number of rotatable bonds is 2. The number of nitriles is 1. The molecule has 0 aliphatic carbocycles. The first kappa shape index (κ1) is 8.27. The highest BCUT2D eigenvalue weighted by molar-refractivity contribution is 5.92. The van der Waals surface area contributed by atoms with Gasteiger partial charge in [0.2, 0.25) is 0 Å². The van der Waals surface area contributed by atoms with Gasteiger partial charge >= 0.3 is 0 Å². The van der Waals surface area contributed by atoms with Crippen molar-refractivity contribution in [3.05, 3.63) is 18.4 Å². The lowest BCUT2D eigenvalue weighted by molar-refractivity contribution is 0.0943. The Balaban J connectivity index is 2.57. The molecule has 0 aromatic carbocycles. The van der Waals surface area contributed by atoms with Gasteiger partial charge in [0, 0.05) is 0 Å². The van der Waals surface area contributed by atoms with Crippen LogP contribution in [0.4, 0.5) is 0 Å². The van der Waals surface area contributed by atoms with E-state index in [2.05, 4.69) is 14.7 Å². The molecule has 0 saturated heterocycles. The molecule has 0 saturated carbocycles. The van der Waals surface area contributed by atoms with Gasteiger partial charge in [-0.25, -0.2) is 4.98 Å². The summed E-state index contributed by atoms with van der Waals surface area (Å²) in [6.45, 7) is 1.58. The van der Waals surface area contributed by atoms with Crippen molar-refractivity contribution in [3.63, 3.8) is 0 Å². The van der Waals surface area contributed by atoms with Crippen LogP contribution in [0.15, 0.2) is 17.1 Å². The molecule has 1 N–H and O–H groups in total. The first-order valence-electron chi connectivity index (χ1n) is 3.32. The number of nitrogens with one attached hydrogen (secondary N) is 1. The fourth-order valence-electron chi connectivity index (χ4n) is 0.628. The van der Waals surface area contributed by atoms with Crippen LogP contribution < -0.4 is 5.32 Å². The third-order valence-corrected chi connectivity index (χ3v) is 1.21. The second-order valence-corrected chi connectivity index (χ2v) is 2.20. The van der Waals surface area contributed by atoms with Crippen LogP contribution in [-0.2, 0) is 0 Å². The van der Waals surface area contributed by atoms with E-state index < -0.39 is 11.9 Å². The summed E-state index contributed by atoms with van der Waals surface area (Å²) in [6, 6.07) is 1.35. The van der Waals surface area contributed by atoms with Crippen LogP contribution in [0, 0.1) is 11.3 Å². The molecule has 5 heteroatoms. The molecular weight excluding hydrogens is 158 g/mol. The predicted octanol–water partition coefficient (Wildman–Crippen LogP) is 0.316. The van der Waals surface area contributed by atoms with E-state index in [9.17, 15) is 4.79 Å². The molecule has 1 amide bonds. The zero-order valence-electron chi connectivity index (χ0n) is 6.44. The summed E-state index contributed by atoms with van der Waals surface area (Å²) in [4.78, 5) is 14.7. The third-order valence-electron chi connectivity index (χ3n) is 1.21. The van der Waals surface area contributed by atoms with Crippen LogP contribution in [0.1, 0.15) is 17.4 Å². The number of aromatic nitrogens is 1. The molecule has 62 valence electrons. The number of hydrogen-bond acceptors (Lipinski definition) is 4. The summed E-state index contributed by atoms with van der Waals surface area (Å²) in [5.74, 6) is -0.405. The Morgan fingerprint density at radius 2 is 2.67 bits per heavy atom. The van der Waals surface area contributed by atoms with Gasteiger partial charge in [-0.1, -0.05) is 0 Å². The number of nitrogens with zero attached hydrogens (tertiary/aromatic N) is 2. The fraction of sp³-hybridized carbons (Fsp3) is 0.286. The molecule has 0 spiro atoms. The lowest BCUT2D eigenvalue weighted by Crippen LogP contribution is -2.31. The summed E-state index contributed by atoms with van der Waals surface area (Å²) >= 11 is 0. The number of carbonyl (C=O) groups excluding carboxylic acids is 1. The minimum atomic E-state index is -0.519. The van der Waals surface area contributed by atoms with E-state index in [4.69, 9.17) is 5.26 Å². The van der Waals surface area contributed by atoms with Crippen molar-refractivity contribution in [3.8, 4) is 6.07 Å². The average Bonchev–Trinajstić information content (AvgIpc) is 2.56. The highest BCUT2D eigenvalue weighted by Crippen LogP contribution is 1.94. The maximum absolute atomic E-state index is 11.1. The highest BCUT2D eigenvalue weighted by Gasteiger charge is 2.10. The number of hydrogen-bond donors (Lipinski definition) is 1.